The van der Waals surface area contributed by atoms with Gasteiger partial charge in [0.2, 0.25) is 0 Å². The molecule has 222 valence electrons. The first kappa shape index (κ1) is 30.9. The van der Waals surface area contributed by atoms with E-state index in [1.165, 1.54) is 30.3 Å². The summed E-state index contributed by atoms with van der Waals surface area (Å²) >= 11 is 0. The van der Waals surface area contributed by atoms with E-state index in [0.29, 0.717) is 30.5 Å². The molecule has 3 aromatic rings. The molecule has 3 aromatic carbocycles. The number of benzene rings is 3. The average molecular weight is 577 g/mol. The summed E-state index contributed by atoms with van der Waals surface area (Å²) in [6.07, 6.45) is 0.889. The second-order valence-electron chi connectivity index (χ2n) is 11.2. The second kappa shape index (κ2) is 13.3. The average Bonchev–Trinajstić information content (AvgIpc) is 2.95. The van der Waals surface area contributed by atoms with Gasteiger partial charge in [0.05, 0.1) is 0 Å². The van der Waals surface area contributed by atoms with Gasteiger partial charge in [0, 0.05) is 42.0 Å². The van der Waals surface area contributed by atoms with Crippen molar-refractivity contribution < 1.29 is 34.1 Å². The summed E-state index contributed by atoms with van der Waals surface area (Å²) in [7, 11) is 3.42. The van der Waals surface area contributed by atoms with Gasteiger partial charge in [-0.1, -0.05) is 36.4 Å². The minimum atomic E-state index is -0.922. The molecule has 1 fully saturated rings. The number of likely N-dealkylation sites (tertiary alicyclic amines) is 1. The number of aliphatic carboxylic acids is 1. The summed E-state index contributed by atoms with van der Waals surface area (Å²) in [6, 6.07) is 16.1. The van der Waals surface area contributed by atoms with Crippen LogP contribution in [0.3, 0.4) is 0 Å². The van der Waals surface area contributed by atoms with Crippen molar-refractivity contribution >= 4 is 17.5 Å². The van der Waals surface area contributed by atoms with Crippen LogP contribution in [0.2, 0.25) is 0 Å². The maximum absolute atomic E-state index is 14.9. The fraction of sp³-hybridized carbons (Fsp3) is 0.364. The SMILES string of the molecule is Cc1c(F)cccc1C1[C@@H](C(=O)c2cccc(O)c2)CN(CCC[C@H](C(=O)O)N(C)C)C[C@@H]1C(=O)c1cccc(O)c1. The number of halogens is 1. The Kier molecular flexibility index (Phi) is 9.75. The number of phenolic OH excluding ortho intramolecular Hbond substituents is 2. The van der Waals surface area contributed by atoms with Crippen molar-refractivity contribution in [2.45, 2.75) is 31.7 Å². The zero-order valence-corrected chi connectivity index (χ0v) is 24.0. The molecule has 0 aromatic heterocycles. The zero-order chi connectivity index (χ0) is 30.6. The van der Waals surface area contributed by atoms with Gasteiger partial charge >= 0.3 is 5.97 Å². The molecule has 9 heteroatoms. The Balaban J connectivity index is 1.77. The van der Waals surface area contributed by atoms with Gasteiger partial charge in [-0.25, -0.2) is 4.39 Å². The minimum Gasteiger partial charge on any atom is -0.508 e. The Labute approximate surface area is 245 Å². The van der Waals surface area contributed by atoms with Crippen molar-refractivity contribution in [2.75, 3.05) is 33.7 Å². The van der Waals surface area contributed by atoms with Crippen LogP contribution in [0.4, 0.5) is 4.39 Å². The van der Waals surface area contributed by atoms with Gasteiger partial charge in [0.1, 0.15) is 23.4 Å². The van der Waals surface area contributed by atoms with Crippen LogP contribution in [-0.4, -0.2) is 82.4 Å². The number of rotatable bonds is 11. The van der Waals surface area contributed by atoms with E-state index in [4.69, 9.17) is 0 Å². The number of likely N-dealkylation sites (N-methyl/N-ethyl adjacent to an activating group) is 1. The molecule has 1 saturated heterocycles. The quantitative estimate of drug-likeness (QED) is 0.280. The summed E-state index contributed by atoms with van der Waals surface area (Å²) < 4.78 is 14.9. The number of ketones is 2. The molecule has 0 bridgehead atoms. The third kappa shape index (κ3) is 6.86. The van der Waals surface area contributed by atoms with E-state index in [0.717, 1.165) is 0 Å². The van der Waals surface area contributed by atoms with Crippen LogP contribution in [0.25, 0.3) is 0 Å². The maximum Gasteiger partial charge on any atom is 0.320 e. The van der Waals surface area contributed by atoms with E-state index in [9.17, 15) is 34.1 Å². The molecule has 1 heterocycles. The number of nitrogens with zero attached hydrogens (tertiary/aromatic N) is 2. The molecule has 3 atom stereocenters. The Morgan fingerprint density at radius 3 is 1.90 bits per heavy atom. The van der Waals surface area contributed by atoms with Gasteiger partial charge in [0.25, 0.3) is 0 Å². The molecule has 0 radical (unpaired) electrons. The largest absolute Gasteiger partial charge is 0.508 e. The van der Waals surface area contributed by atoms with Crippen molar-refractivity contribution in [3.05, 3.63) is 94.8 Å². The lowest BCUT2D eigenvalue weighted by Crippen LogP contribution is -2.51. The van der Waals surface area contributed by atoms with Crippen LogP contribution in [0.5, 0.6) is 11.5 Å². The first-order valence-electron chi connectivity index (χ1n) is 14.0. The first-order valence-corrected chi connectivity index (χ1v) is 14.0. The van der Waals surface area contributed by atoms with Crippen molar-refractivity contribution in [3.8, 4) is 11.5 Å². The van der Waals surface area contributed by atoms with Gasteiger partial charge < -0.3 is 20.2 Å². The smallest absolute Gasteiger partial charge is 0.320 e. The number of carbonyl (C=O) groups is 3. The summed E-state index contributed by atoms with van der Waals surface area (Å²) in [5, 5.41) is 29.8. The van der Waals surface area contributed by atoms with Crippen LogP contribution in [0, 0.1) is 24.6 Å². The third-order valence-electron chi connectivity index (χ3n) is 8.24. The Morgan fingerprint density at radius 2 is 1.43 bits per heavy atom. The number of aromatic hydroxyl groups is 2. The Bertz CT molecular complexity index is 1390. The van der Waals surface area contributed by atoms with Gasteiger partial charge in [-0.05, 0) is 81.9 Å². The van der Waals surface area contributed by atoms with Crippen molar-refractivity contribution in [1.29, 1.82) is 0 Å². The number of Topliss-reactive ketones (excluding diaryl/α,β-unsaturated/α-hetero) is 2. The molecule has 0 amide bonds. The molecule has 0 spiro atoms. The lowest BCUT2D eigenvalue weighted by Gasteiger charge is -2.43. The highest BCUT2D eigenvalue weighted by Crippen LogP contribution is 2.42. The monoisotopic (exact) mass is 576 g/mol. The van der Waals surface area contributed by atoms with Gasteiger partial charge in [-0.15, -0.1) is 0 Å². The molecule has 3 N–H and O–H groups in total. The number of phenols is 2. The predicted molar refractivity (Wildman–Crippen MR) is 157 cm³/mol. The molecule has 0 saturated carbocycles. The Morgan fingerprint density at radius 1 is 0.905 bits per heavy atom. The van der Waals surface area contributed by atoms with Crippen LogP contribution in [0.15, 0.2) is 66.7 Å². The fourth-order valence-electron chi connectivity index (χ4n) is 6.09. The maximum atomic E-state index is 14.9. The van der Waals surface area contributed by atoms with Crippen molar-refractivity contribution in [3.63, 3.8) is 0 Å². The minimum absolute atomic E-state index is 0.0669. The van der Waals surface area contributed by atoms with Gasteiger partial charge in [-0.2, -0.15) is 0 Å². The number of carboxylic acid groups (broad SMARTS) is 1. The molecule has 8 nitrogen and oxygen atoms in total. The molecule has 0 aliphatic carbocycles. The van der Waals surface area contributed by atoms with E-state index in [1.807, 2.05) is 4.90 Å². The number of piperidine rings is 1. The highest BCUT2D eigenvalue weighted by atomic mass is 19.1. The molecule has 42 heavy (non-hydrogen) atoms. The lowest BCUT2D eigenvalue weighted by molar-refractivity contribution is -0.142. The van der Waals surface area contributed by atoms with Crippen molar-refractivity contribution in [2.24, 2.45) is 11.8 Å². The topological polar surface area (TPSA) is 118 Å². The van der Waals surface area contributed by atoms with E-state index in [1.54, 1.807) is 62.3 Å². The van der Waals surface area contributed by atoms with Crippen LogP contribution >= 0.6 is 0 Å². The summed E-state index contributed by atoms with van der Waals surface area (Å²) in [6.45, 7) is 2.60. The Hall–Kier alpha value is -4.08. The molecular formula is C33H37FN2O6. The highest BCUT2D eigenvalue weighted by molar-refractivity contribution is 6.02. The fourth-order valence-corrected chi connectivity index (χ4v) is 6.09. The number of hydrogen-bond donors (Lipinski definition) is 3. The standard InChI is InChI=1S/C33H37FN2O6/c1-20-25(12-6-13-28(20)34)30-26(31(39)21-8-4-10-23(37)16-21)18-36(15-7-14-29(33(41)42)35(2)3)19-27(30)32(40)22-9-5-11-24(38)17-22/h4-6,8-13,16-17,26-27,29-30,37-38H,7,14-15,18-19H2,1-3H3,(H,41,42)/t26-,27-,29+/m0/s1. The van der Waals surface area contributed by atoms with E-state index in [2.05, 4.69) is 0 Å². The van der Waals surface area contributed by atoms with Gasteiger partial charge in [-0.3, -0.25) is 19.3 Å². The van der Waals surface area contributed by atoms with Crippen LogP contribution in [-0.2, 0) is 4.79 Å². The second-order valence-corrected chi connectivity index (χ2v) is 11.2. The predicted octanol–water partition coefficient (Wildman–Crippen LogP) is 4.74. The van der Waals surface area contributed by atoms with E-state index >= 15 is 0 Å². The van der Waals surface area contributed by atoms with E-state index in [-0.39, 0.29) is 47.3 Å². The molecule has 1 aliphatic heterocycles. The first-order chi connectivity index (χ1) is 20.0. The van der Waals surface area contributed by atoms with E-state index < -0.39 is 35.6 Å². The number of carbonyl (C=O) groups excluding carboxylic acids is 2. The molecule has 1 aliphatic rings. The summed E-state index contributed by atoms with van der Waals surface area (Å²) in [4.78, 5) is 43.6. The lowest BCUT2D eigenvalue weighted by atomic mass is 9.67. The summed E-state index contributed by atoms with van der Waals surface area (Å²) in [5.74, 6) is -4.28. The van der Waals surface area contributed by atoms with Crippen molar-refractivity contribution in [1.82, 2.24) is 9.80 Å². The number of carboxylic acids is 1. The normalized spacial score (nSPS) is 18.6. The number of hydrogen-bond acceptors (Lipinski definition) is 7. The van der Waals surface area contributed by atoms with Crippen LogP contribution in [0.1, 0.15) is 50.6 Å². The summed E-state index contributed by atoms with van der Waals surface area (Å²) in [5.41, 5.74) is 1.48. The zero-order valence-electron chi connectivity index (χ0n) is 24.0. The molecular weight excluding hydrogens is 539 g/mol. The highest BCUT2D eigenvalue weighted by Gasteiger charge is 2.45. The molecule has 4 rings (SSSR count). The van der Waals surface area contributed by atoms with Crippen LogP contribution < -0.4 is 0 Å². The third-order valence-corrected chi connectivity index (χ3v) is 8.24. The van der Waals surface area contributed by atoms with Gasteiger partial charge in [0.15, 0.2) is 11.6 Å². The molecule has 0 unspecified atom stereocenters.